The second kappa shape index (κ2) is 7.69. The molecule has 1 aliphatic rings. The Morgan fingerprint density at radius 1 is 1.32 bits per heavy atom. The van der Waals surface area contributed by atoms with Gasteiger partial charge in [-0.3, -0.25) is 4.90 Å². The highest BCUT2D eigenvalue weighted by Crippen LogP contribution is 2.32. The molecule has 22 heavy (non-hydrogen) atoms. The largest absolute Gasteiger partial charge is 0.445 e. The molecule has 1 heterocycles. The minimum atomic E-state index is -4.50. The standard InChI is InChI=1S/C14H17F3N2O2.ClH/c15-14(16,17)12-8-11(18)6-7-19(12)13(20)21-9-10-4-2-1-3-5-10;/h1-5,11-12H,6-9,18H2;1H/t11-,12-;/m0./s1. The van der Waals surface area contributed by atoms with E-state index in [0.717, 1.165) is 10.5 Å². The minimum absolute atomic E-state index is 0. The highest BCUT2D eigenvalue weighted by molar-refractivity contribution is 5.85. The normalized spacial score (nSPS) is 21.9. The molecule has 1 aromatic rings. The van der Waals surface area contributed by atoms with Crippen LogP contribution in [0.3, 0.4) is 0 Å². The summed E-state index contributed by atoms with van der Waals surface area (Å²) >= 11 is 0. The summed E-state index contributed by atoms with van der Waals surface area (Å²) in [6.07, 6.45) is -5.39. The fourth-order valence-corrected chi connectivity index (χ4v) is 2.32. The number of halogens is 4. The van der Waals surface area contributed by atoms with Crippen LogP contribution in [0.4, 0.5) is 18.0 Å². The van der Waals surface area contributed by atoms with Crippen LogP contribution in [-0.4, -0.2) is 35.8 Å². The van der Waals surface area contributed by atoms with Crippen molar-refractivity contribution >= 4 is 18.5 Å². The summed E-state index contributed by atoms with van der Waals surface area (Å²) < 4.78 is 43.9. The van der Waals surface area contributed by atoms with E-state index in [9.17, 15) is 18.0 Å². The lowest BCUT2D eigenvalue weighted by Gasteiger charge is -2.38. The molecule has 1 aromatic carbocycles. The fourth-order valence-electron chi connectivity index (χ4n) is 2.32. The zero-order chi connectivity index (χ0) is 15.5. The molecule has 0 radical (unpaired) electrons. The maximum Gasteiger partial charge on any atom is 0.410 e. The van der Waals surface area contributed by atoms with Crippen LogP contribution in [0.25, 0.3) is 0 Å². The van der Waals surface area contributed by atoms with Gasteiger partial charge in [-0.25, -0.2) is 4.79 Å². The molecule has 8 heteroatoms. The first kappa shape index (κ1) is 18.6. The first-order valence-corrected chi connectivity index (χ1v) is 6.67. The summed E-state index contributed by atoms with van der Waals surface area (Å²) in [5, 5.41) is 0. The molecule has 2 rings (SSSR count). The van der Waals surface area contributed by atoms with Crippen molar-refractivity contribution in [3.63, 3.8) is 0 Å². The number of hydrogen-bond donors (Lipinski definition) is 1. The lowest BCUT2D eigenvalue weighted by Crippen LogP contribution is -2.55. The lowest BCUT2D eigenvalue weighted by atomic mass is 9.98. The van der Waals surface area contributed by atoms with E-state index in [-0.39, 0.29) is 32.0 Å². The van der Waals surface area contributed by atoms with Gasteiger partial charge in [0.2, 0.25) is 0 Å². The average molecular weight is 339 g/mol. The van der Waals surface area contributed by atoms with Crippen molar-refractivity contribution in [1.82, 2.24) is 4.90 Å². The predicted octanol–water partition coefficient (Wildman–Crippen LogP) is 3.10. The zero-order valence-electron chi connectivity index (χ0n) is 11.8. The van der Waals surface area contributed by atoms with Gasteiger partial charge in [-0.15, -0.1) is 12.4 Å². The van der Waals surface area contributed by atoms with Crippen LogP contribution in [0, 0.1) is 0 Å². The smallest absolute Gasteiger partial charge is 0.410 e. The topological polar surface area (TPSA) is 55.6 Å². The number of benzene rings is 1. The second-order valence-corrected chi connectivity index (χ2v) is 5.08. The second-order valence-electron chi connectivity index (χ2n) is 5.08. The van der Waals surface area contributed by atoms with Crippen LogP contribution in [0.5, 0.6) is 0 Å². The number of nitrogens with two attached hydrogens (primary N) is 1. The van der Waals surface area contributed by atoms with Crippen molar-refractivity contribution in [1.29, 1.82) is 0 Å². The number of piperidine rings is 1. The molecule has 4 nitrogen and oxygen atoms in total. The maximum atomic E-state index is 13.0. The Hall–Kier alpha value is -1.47. The number of carbonyl (C=O) groups excluding carboxylic acids is 1. The van der Waals surface area contributed by atoms with E-state index in [1.54, 1.807) is 30.3 Å². The number of carbonyl (C=O) groups is 1. The van der Waals surface area contributed by atoms with Gasteiger partial charge in [0.1, 0.15) is 12.6 Å². The first-order chi connectivity index (χ1) is 9.88. The van der Waals surface area contributed by atoms with Crippen molar-refractivity contribution < 1.29 is 22.7 Å². The Balaban J connectivity index is 0.00000242. The zero-order valence-corrected chi connectivity index (χ0v) is 12.6. The van der Waals surface area contributed by atoms with Gasteiger partial charge in [0.15, 0.2) is 0 Å². The molecule has 2 N–H and O–H groups in total. The first-order valence-electron chi connectivity index (χ1n) is 6.67. The molecule has 124 valence electrons. The Morgan fingerprint density at radius 2 is 1.95 bits per heavy atom. The molecule has 2 atom stereocenters. The van der Waals surface area contributed by atoms with Gasteiger partial charge >= 0.3 is 12.3 Å². The summed E-state index contributed by atoms with van der Waals surface area (Å²) in [7, 11) is 0. The summed E-state index contributed by atoms with van der Waals surface area (Å²) in [4.78, 5) is 12.6. The number of amides is 1. The van der Waals surface area contributed by atoms with Crippen LogP contribution >= 0.6 is 12.4 Å². The monoisotopic (exact) mass is 338 g/mol. The predicted molar refractivity (Wildman–Crippen MR) is 77.6 cm³/mol. The molecular formula is C14H18ClF3N2O2. The minimum Gasteiger partial charge on any atom is -0.445 e. The van der Waals surface area contributed by atoms with Crippen LogP contribution in [0.15, 0.2) is 30.3 Å². The molecular weight excluding hydrogens is 321 g/mol. The van der Waals surface area contributed by atoms with E-state index in [1.165, 1.54) is 0 Å². The van der Waals surface area contributed by atoms with Crippen LogP contribution < -0.4 is 5.73 Å². The number of ether oxygens (including phenoxy) is 1. The molecule has 1 fully saturated rings. The van der Waals surface area contributed by atoms with Crippen molar-refractivity contribution in [2.45, 2.75) is 37.7 Å². The van der Waals surface area contributed by atoms with Crippen molar-refractivity contribution in [3.05, 3.63) is 35.9 Å². The Bertz CT molecular complexity index is 485. The van der Waals surface area contributed by atoms with Crippen molar-refractivity contribution in [3.8, 4) is 0 Å². The van der Waals surface area contributed by atoms with Gasteiger partial charge in [-0.2, -0.15) is 13.2 Å². The van der Waals surface area contributed by atoms with Crippen LogP contribution in [-0.2, 0) is 11.3 Å². The van der Waals surface area contributed by atoms with E-state index in [0.29, 0.717) is 6.42 Å². The molecule has 0 saturated carbocycles. The highest BCUT2D eigenvalue weighted by Gasteiger charge is 2.48. The SMILES string of the molecule is Cl.N[C@H]1CCN(C(=O)OCc2ccccc2)[C@H](C(F)(F)F)C1. The molecule has 1 aliphatic heterocycles. The fraction of sp³-hybridized carbons (Fsp3) is 0.500. The number of hydrogen-bond acceptors (Lipinski definition) is 3. The number of nitrogens with zero attached hydrogens (tertiary/aromatic N) is 1. The highest BCUT2D eigenvalue weighted by atomic mass is 35.5. The molecule has 1 amide bonds. The maximum absolute atomic E-state index is 13.0. The molecule has 0 spiro atoms. The van der Waals surface area contributed by atoms with Gasteiger partial charge in [-0.05, 0) is 18.4 Å². The summed E-state index contributed by atoms with van der Waals surface area (Å²) in [6.45, 7) is -0.0915. The van der Waals surface area contributed by atoms with Gasteiger partial charge < -0.3 is 10.5 Å². The van der Waals surface area contributed by atoms with E-state index < -0.39 is 24.4 Å². The lowest BCUT2D eigenvalue weighted by molar-refractivity contribution is -0.187. The Morgan fingerprint density at radius 3 is 2.55 bits per heavy atom. The third-order valence-electron chi connectivity index (χ3n) is 3.46. The van der Waals surface area contributed by atoms with Gasteiger partial charge in [-0.1, -0.05) is 30.3 Å². The van der Waals surface area contributed by atoms with Crippen LogP contribution in [0.1, 0.15) is 18.4 Å². The molecule has 0 bridgehead atoms. The van der Waals surface area contributed by atoms with E-state index >= 15 is 0 Å². The Kier molecular flexibility index (Phi) is 6.49. The van der Waals surface area contributed by atoms with Crippen molar-refractivity contribution in [2.75, 3.05) is 6.54 Å². The summed E-state index contributed by atoms with van der Waals surface area (Å²) in [5.74, 6) is 0. The third-order valence-corrected chi connectivity index (χ3v) is 3.46. The van der Waals surface area contributed by atoms with Crippen LogP contribution in [0.2, 0.25) is 0 Å². The van der Waals surface area contributed by atoms with Gasteiger partial charge in [0.25, 0.3) is 0 Å². The molecule has 0 unspecified atom stereocenters. The molecule has 1 saturated heterocycles. The Labute approximate surface area is 132 Å². The number of likely N-dealkylation sites (tertiary alicyclic amines) is 1. The summed E-state index contributed by atoms with van der Waals surface area (Å²) in [5.41, 5.74) is 6.30. The number of alkyl halides is 3. The average Bonchev–Trinajstić information content (AvgIpc) is 2.45. The van der Waals surface area contributed by atoms with E-state index in [2.05, 4.69) is 0 Å². The summed E-state index contributed by atoms with van der Waals surface area (Å²) in [6, 6.07) is 6.39. The molecule has 0 aliphatic carbocycles. The third kappa shape index (κ3) is 4.78. The van der Waals surface area contributed by atoms with Crippen molar-refractivity contribution in [2.24, 2.45) is 5.73 Å². The number of rotatable bonds is 2. The van der Waals surface area contributed by atoms with Gasteiger partial charge in [0.05, 0.1) is 0 Å². The van der Waals surface area contributed by atoms with Gasteiger partial charge in [0, 0.05) is 12.6 Å². The molecule has 0 aromatic heterocycles. The quantitative estimate of drug-likeness (QED) is 0.901. The van der Waals surface area contributed by atoms with E-state index in [4.69, 9.17) is 10.5 Å². The van der Waals surface area contributed by atoms with E-state index in [1.807, 2.05) is 0 Å².